The monoisotopic (exact) mass is 360 g/mol. The van der Waals surface area contributed by atoms with E-state index in [0.717, 1.165) is 38.8 Å². The first-order valence-electron chi connectivity index (χ1n) is 6.01. The highest BCUT2D eigenvalue weighted by Gasteiger charge is 2.44. The SMILES string of the molecule is CCC(C)SP(=O)(N(C)C(=O)C(=O)OC)N(C)S(C)(=O)=O. The molecule has 8 nitrogen and oxygen atoms in total. The van der Waals surface area contributed by atoms with Crippen LogP contribution in [-0.2, 0) is 28.9 Å². The Bertz CT molecular complexity index is 550. The Morgan fingerprint density at radius 2 is 1.81 bits per heavy atom. The Hall–Kier alpha value is -0.570. The first kappa shape index (κ1) is 20.4. The normalized spacial score (nSPS) is 16.1. The van der Waals surface area contributed by atoms with Crippen LogP contribution >= 0.6 is 18.0 Å². The third-order valence-corrected chi connectivity index (χ3v) is 11.6. The molecule has 0 aliphatic rings. The molecule has 0 aromatic rings. The van der Waals surface area contributed by atoms with Gasteiger partial charge in [-0.2, -0.15) is 0 Å². The molecule has 0 aromatic heterocycles. The number of ether oxygens (including phenoxy) is 1. The Morgan fingerprint density at radius 3 is 2.14 bits per heavy atom. The number of carbonyl (C=O) groups excluding carboxylic acids is 2. The van der Waals surface area contributed by atoms with E-state index in [4.69, 9.17) is 0 Å². The Labute approximate surface area is 129 Å². The predicted molar refractivity (Wildman–Crippen MR) is 82.3 cm³/mol. The number of sulfonamides is 1. The highest BCUT2D eigenvalue weighted by Crippen LogP contribution is 2.65. The molecule has 11 heteroatoms. The highest BCUT2D eigenvalue weighted by atomic mass is 32.7. The van der Waals surface area contributed by atoms with Crippen LogP contribution in [0.2, 0.25) is 0 Å². The average molecular weight is 360 g/mol. The van der Waals surface area contributed by atoms with E-state index in [-0.39, 0.29) is 5.25 Å². The second-order valence-electron chi connectivity index (χ2n) is 4.33. The summed E-state index contributed by atoms with van der Waals surface area (Å²) in [7, 11) is -0.567. The minimum atomic E-state index is -3.87. The van der Waals surface area contributed by atoms with Gasteiger partial charge in [0.15, 0.2) is 0 Å². The molecule has 124 valence electrons. The van der Waals surface area contributed by atoms with E-state index in [9.17, 15) is 22.6 Å². The summed E-state index contributed by atoms with van der Waals surface area (Å²) >= 11 is 0.846. The zero-order valence-corrected chi connectivity index (χ0v) is 15.4. The summed E-state index contributed by atoms with van der Waals surface area (Å²) in [5.41, 5.74) is 0. The van der Waals surface area contributed by atoms with Crippen LogP contribution in [0.15, 0.2) is 0 Å². The molecule has 0 saturated heterocycles. The fourth-order valence-corrected chi connectivity index (χ4v) is 8.90. The lowest BCUT2D eigenvalue weighted by Crippen LogP contribution is -2.37. The van der Waals surface area contributed by atoms with Crippen molar-refractivity contribution in [2.45, 2.75) is 25.5 Å². The van der Waals surface area contributed by atoms with Crippen molar-refractivity contribution in [3.8, 4) is 0 Å². The van der Waals surface area contributed by atoms with Gasteiger partial charge in [-0.1, -0.05) is 25.2 Å². The number of carbonyl (C=O) groups is 2. The van der Waals surface area contributed by atoms with Crippen LogP contribution in [0.3, 0.4) is 0 Å². The lowest BCUT2D eigenvalue weighted by Gasteiger charge is -2.33. The molecule has 0 rings (SSSR count). The van der Waals surface area contributed by atoms with E-state index in [2.05, 4.69) is 4.74 Å². The number of rotatable bonds is 6. The molecule has 0 aromatic carbocycles. The van der Waals surface area contributed by atoms with Gasteiger partial charge in [-0.3, -0.25) is 14.0 Å². The van der Waals surface area contributed by atoms with Gasteiger partial charge in [0.1, 0.15) is 0 Å². The second kappa shape index (κ2) is 7.62. The summed E-state index contributed by atoms with van der Waals surface area (Å²) < 4.78 is 42.1. The summed E-state index contributed by atoms with van der Waals surface area (Å²) in [6.45, 7) is -0.282. The molecule has 0 saturated carbocycles. The van der Waals surface area contributed by atoms with Crippen molar-refractivity contribution in [2.75, 3.05) is 27.5 Å². The molecule has 2 atom stereocenters. The van der Waals surface area contributed by atoms with Gasteiger partial charge in [0.2, 0.25) is 10.0 Å². The van der Waals surface area contributed by atoms with Crippen LogP contribution in [0.25, 0.3) is 0 Å². The molecular formula is C10H21N2O6PS2. The van der Waals surface area contributed by atoms with Gasteiger partial charge in [0.05, 0.1) is 13.4 Å². The quantitative estimate of drug-likeness (QED) is 0.398. The summed E-state index contributed by atoms with van der Waals surface area (Å²) in [6, 6.07) is 0. The van der Waals surface area contributed by atoms with Crippen molar-refractivity contribution in [3.63, 3.8) is 0 Å². The van der Waals surface area contributed by atoms with Gasteiger partial charge in [-0.15, -0.1) is 4.08 Å². The van der Waals surface area contributed by atoms with Gasteiger partial charge in [0, 0.05) is 19.3 Å². The van der Waals surface area contributed by atoms with Crippen LogP contribution in [0.1, 0.15) is 20.3 Å². The summed E-state index contributed by atoms with van der Waals surface area (Å²) in [4.78, 5) is 23.2. The van der Waals surface area contributed by atoms with Crippen LogP contribution < -0.4 is 0 Å². The fraction of sp³-hybridized carbons (Fsp3) is 0.800. The van der Waals surface area contributed by atoms with Gasteiger partial charge in [-0.25, -0.2) is 13.2 Å². The standard InChI is InChI=1S/C10H21N2O6PS2/c1-7-8(2)20-19(15,12(4)21(6,16)17)11(3)9(13)10(14)18-5/h8H,7H2,1-6H3. The summed E-state index contributed by atoms with van der Waals surface area (Å²) in [6.07, 6.45) is 1.50. The lowest BCUT2D eigenvalue weighted by molar-refractivity contribution is -0.155. The minimum absolute atomic E-state index is 0.173. The lowest BCUT2D eigenvalue weighted by atomic mass is 10.4. The van der Waals surface area contributed by atoms with E-state index < -0.39 is 28.5 Å². The Morgan fingerprint density at radius 1 is 1.33 bits per heavy atom. The molecule has 0 aliphatic heterocycles. The molecule has 0 N–H and O–H groups in total. The number of hydrogen-bond donors (Lipinski definition) is 0. The molecule has 2 unspecified atom stereocenters. The van der Waals surface area contributed by atoms with Gasteiger partial charge in [-0.05, 0) is 6.42 Å². The van der Waals surface area contributed by atoms with Crippen molar-refractivity contribution in [1.82, 2.24) is 8.75 Å². The molecule has 0 aliphatic carbocycles. The van der Waals surface area contributed by atoms with Gasteiger partial charge in [0.25, 0.3) is 0 Å². The molecule has 21 heavy (non-hydrogen) atoms. The van der Waals surface area contributed by atoms with E-state index in [1.165, 1.54) is 0 Å². The number of nitrogens with zero attached hydrogens (tertiary/aromatic N) is 2. The van der Waals surface area contributed by atoms with E-state index in [1.54, 1.807) is 6.92 Å². The zero-order valence-electron chi connectivity index (χ0n) is 12.9. The third-order valence-electron chi connectivity index (χ3n) is 2.76. The van der Waals surface area contributed by atoms with Crippen molar-refractivity contribution >= 4 is 39.9 Å². The number of amides is 1. The van der Waals surface area contributed by atoms with Gasteiger partial charge >= 0.3 is 18.5 Å². The van der Waals surface area contributed by atoms with Crippen molar-refractivity contribution in [2.24, 2.45) is 0 Å². The molecule has 0 bridgehead atoms. The predicted octanol–water partition coefficient (Wildman–Crippen LogP) is 1.15. The van der Waals surface area contributed by atoms with Gasteiger partial charge < -0.3 is 4.74 Å². The van der Waals surface area contributed by atoms with E-state index in [0.29, 0.717) is 15.2 Å². The number of hydrogen-bond acceptors (Lipinski definition) is 7. The number of likely N-dealkylation sites (N-methyl/N-ethyl adjacent to an activating group) is 1. The Balaban J connectivity index is 5.78. The minimum Gasteiger partial charge on any atom is -0.462 e. The molecule has 0 radical (unpaired) electrons. The van der Waals surface area contributed by atoms with Crippen LogP contribution in [0.4, 0.5) is 0 Å². The average Bonchev–Trinajstić information content (AvgIpc) is 2.42. The topological polar surface area (TPSA) is 101 Å². The maximum atomic E-state index is 13.1. The van der Waals surface area contributed by atoms with Crippen LogP contribution in [0, 0.1) is 0 Å². The Kier molecular flexibility index (Phi) is 7.41. The van der Waals surface area contributed by atoms with E-state index >= 15 is 0 Å². The summed E-state index contributed by atoms with van der Waals surface area (Å²) in [5.74, 6) is -2.36. The first-order chi connectivity index (χ1) is 9.41. The van der Waals surface area contributed by atoms with Crippen molar-refractivity contribution in [3.05, 3.63) is 0 Å². The molecule has 1 amide bonds. The molecule has 0 spiro atoms. The van der Waals surface area contributed by atoms with E-state index in [1.807, 2.05) is 6.92 Å². The maximum absolute atomic E-state index is 13.1. The van der Waals surface area contributed by atoms with Crippen molar-refractivity contribution in [1.29, 1.82) is 0 Å². The second-order valence-corrected chi connectivity index (χ2v) is 11.9. The first-order valence-corrected chi connectivity index (χ1v) is 11.0. The highest BCUT2D eigenvalue weighted by molar-refractivity contribution is 8.58. The maximum Gasteiger partial charge on any atom is 0.397 e. The van der Waals surface area contributed by atoms with Crippen LogP contribution in [-0.4, -0.2) is 61.8 Å². The molecular weight excluding hydrogens is 339 g/mol. The zero-order chi connectivity index (χ0) is 17.0. The number of methoxy groups -OCH3 is 1. The molecule has 0 heterocycles. The van der Waals surface area contributed by atoms with Crippen molar-refractivity contribution < 1.29 is 27.3 Å². The smallest absolute Gasteiger partial charge is 0.397 e. The third kappa shape index (κ3) is 4.98. The summed E-state index contributed by atoms with van der Waals surface area (Å²) in [5, 5.41) is -0.173. The fourth-order valence-electron chi connectivity index (χ4n) is 1.16. The molecule has 0 fully saturated rings. The number of esters is 1. The van der Waals surface area contributed by atoms with Crippen LogP contribution in [0.5, 0.6) is 0 Å². The largest absolute Gasteiger partial charge is 0.462 e.